The third kappa shape index (κ3) is 2.81. The van der Waals surface area contributed by atoms with E-state index in [0.717, 1.165) is 18.8 Å². The summed E-state index contributed by atoms with van der Waals surface area (Å²) in [5, 5.41) is 3.12. The van der Waals surface area contributed by atoms with Crippen LogP contribution in [0, 0.1) is 0 Å². The van der Waals surface area contributed by atoms with Gasteiger partial charge >= 0.3 is 0 Å². The summed E-state index contributed by atoms with van der Waals surface area (Å²) in [4.78, 5) is 19.4. The van der Waals surface area contributed by atoms with Crippen molar-refractivity contribution in [3.8, 4) is 5.95 Å². The second kappa shape index (κ2) is 5.64. The average Bonchev–Trinajstić information content (AvgIpc) is 2.87. The molecule has 0 amide bonds. The van der Waals surface area contributed by atoms with Crippen molar-refractivity contribution in [1.82, 2.24) is 24.5 Å². The van der Waals surface area contributed by atoms with Crippen molar-refractivity contribution in [3.63, 3.8) is 0 Å². The minimum absolute atomic E-state index is 0.576. The first kappa shape index (κ1) is 13.3. The lowest BCUT2D eigenvalue weighted by molar-refractivity contribution is 0.815. The Kier molecular flexibility index (Phi) is 3.94. The molecule has 0 spiro atoms. The molecule has 0 aliphatic carbocycles. The third-order valence-electron chi connectivity index (χ3n) is 2.60. The predicted molar refractivity (Wildman–Crippen MR) is 74.8 cm³/mol. The van der Waals surface area contributed by atoms with Gasteiger partial charge in [0.1, 0.15) is 5.82 Å². The van der Waals surface area contributed by atoms with E-state index in [-0.39, 0.29) is 0 Å². The molecule has 0 aliphatic heterocycles. The zero-order chi connectivity index (χ0) is 13.8. The molecule has 0 saturated heterocycles. The van der Waals surface area contributed by atoms with Crippen LogP contribution in [0.15, 0.2) is 12.4 Å². The van der Waals surface area contributed by atoms with Gasteiger partial charge in [0.2, 0.25) is 17.8 Å². The number of hydrogen-bond acceptors (Lipinski definition) is 6. The van der Waals surface area contributed by atoms with Gasteiger partial charge in [0.05, 0.1) is 0 Å². The first-order valence-electron chi connectivity index (χ1n) is 6.35. The Morgan fingerprint density at radius 3 is 2.63 bits per heavy atom. The molecule has 2 heterocycles. The maximum absolute atomic E-state index is 4.45. The second-order valence-corrected chi connectivity index (χ2v) is 4.25. The average molecular weight is 261 g/mol. The minimum atomic E-state index is 0.576. The van der Waals surface area contributed by atoms with Crippen molar-refractivity contribution in [1.29, 1.82) is 0 Å². The molecule has 1 N–H and O–H groups in total. The number of hydrogen-bond donors (Lipinski definition) is 1. The molecule has 2 aromatic rings. The molecule has 2 rings (SSSR count). The summed E-state index contributed by atoms with van der Waals surface area (Å²) < 4.78 is 1.88. The van der Waals surface area contributed by atoms with Gasteiger partial charge in [-0.2, -0.15) is 15.0 Å². The van der Waals surface area contributed by atoms with Crippen molar-refractivity contribution in [2.75, 3.05) is 30.9 Å². The Balaban J connectivity index is 2.49. The second-order valence-electron chi connectivity index (χ2n) is 4.25. The van der Waals surface area contributed by atoms with E-state index in [2.05, 4.69) is 32.2 Å². The number of nitrogens with zero attached hydrogens (tertiary/aromatic N) is 6. The fraction of sp³-hybridized carbons (Fsp3) is 0.500. The predicted octanol–water partition coefficient (Wildman–Crippen LogP) is 1.12. The van der Waals surface area contributed by atoms with Crippen LogP contribution in [-0.4, -0.2) is 45.1 Å². The maximum atomic E-state index is 4.45. The van der Waals surface area contributed by atoms with Crippen LogP contribution in [0.5, 0.6) is 0 Å². The summed E-state index contributed by atoms with van der Waals surface area (Å²) in [5.74, 6) is 2.71. The molecule has 0 bridgehead atoms. The Labute approximate surface area is 112 Å². The number of rotatable bonds is 5. The highest BCUT2D eigenvalue weighted by Gasteiger charge is 2.11. The van der Waals surface area contributed by atoms with Crippen LogP contribution in [0.2, 0.25) is 0 Å². The SMILES string of the molecule is CCNc1nc(N(C)C)nc(-n2ccnc2CC)n1. The first-order chi connectivity index (χ1) is 9.15. The Morgan fingerprint density at radius 1 is 1.21 bits per heavy atom. The number of aromatic nitrogens is 5. The van der Waals surface area contributed by atoms with Crippen molar-refractivity contribution in [2.24, 2.45) is 0 Å². The molecule has 19 heavy (non-hydrogen) atoms. The van der Waals surface area contributed by atoms with Gasteiger partial charge < -0.3 is 10.2 Å². The summed E-state index contributed by atoms with van der Waals surface area (Å²) in [5.41, 5.74) is 0. The summed E-state index contributed by atoms with van der Waals surface area (Å²) in [7, 11) is 3.81. The molecule has 0 fully saturated rings. The van der Waals surface area contributed by atoms with Crippen LogP contribution in [0.4, 0.5) is 11.9 Å². The molecular weight excluding hydrogens is 242 g/mol. The van der Waals surface area contributed by atoms with Gasteiger partial charge in [-0.25, -0.2) is 4.98 Å². The van der Waals surface area contributed by atoms with Gasteiger partial charge in [-0.1, -0.05) is 6.92 Å². The largest absolute Gasteiger partial charge is 0.354 e. The molecule has 0 aromatic carbocycles. The molecule has 7 nitrogen and oxygen atoms in total. The van der Waals surface area contributed by atoms with Gasteiger partial charge in [-0.15, -0.1) is 0 Å². The fourth-order valence-electron chi connectivity index (χ4n) is 1.68. The van der Waals surface area contributed by atoms with E-state index in [4.69, 9.17) is 0 Å². The first-order valence-corrected chi connectivity index (χ1v) is 6.35. The summed E-state index contributed by atoms with van der Waals surface area (Å²) in [6.45, 7) is 4.83. The number of aryl methyl sites for hydroxylation is 1. The van der Waals surface area contributed by atoms with E-state index in [1.165, 1.54) is 0 Å². The van der Waals surface area contributed by atoms with Crippen LogP contribution < -0.4 is 10.2 Å². The van der Waals surface area contributed by atoms with Gasteiger partial charge in [0.25, 0.3) is 0 Å². The molecule has 7 heteroatoms. The highest BCUT2D eigenvalue weighted by molar-refractivity contribution is 5.39. The van der Waals surface area contributed by atoms with E-state index < -0.39 is 0 Å². The summed E-state index contributed by atoms with van der Waals surface area (Å²) >= 11 is 0. The maximum Gasteiger partial charge on any atom is 0.241 e. The summed E-state index contributed by atoms with van der Waals surface area (Å²) in [6, 6.07) is 0. The Morgan fingerprint density at radius 2 is 2.00 bits per heavy atom. The third-order valence-corrected chi connectivity index (χ3v) is 2.60. The van der Waals surface area contributed by atoms with Gasteiger partial charge in [-0.3, -0.25) is 4.57 Å². The monoisotopic (exact) mass is 261 g/mol. The van der Waals surface area contributed by atoms with Crippen LogP contribution in [0.3, 0.4) is 0 Å². The smallest absolute Gasteiger partial charge is 0.241 e. The molecule has 0 radical (unpaired) electrons. The van der Waals surface area contributed by atoms with E-state index in [1.54, 1.807) is 6.20 Å². The zero-order valence-corrected chi connectivity index (χ0v) is 11.8. The van der Waals surface area contributed by atoms with E-state index in [9.17, 15) is 0 Å². The van der Waals surface area contributed by atoms with E-state index >= 15 is 0 Å². The van der Waals surface area contributed by atoms with E-state index in [0.29, 0.717) is 17.8 Å². The molecule has 0 aliphatic rings. The molecule has 102 valence electrons. The van der Waals surface area contributed by atoms with Crippen LogP contribution in [-0.2, 0) is 6.42 Å². The zero-order valence-electron chi connectivity index (χ0n) is 11.8. The lowest BCUT2D eigenvalue weighted by atomic mass is 10.4. The lowest BCUT2D eigenvalue weighted by Gasteiger charge is -2.13. The van der Waals surface area contributed by atoms with E-state index in [1.807, 2.05) is 36.7 Å². The number of nitrogens with one attached hydrogen (secondary N) is 1. The summed E-state index contributed by atoms with van der Waals surface area (Å²) in [6.07, 6.45) is 4.45. The van der Waals surface area contributed by atoms with Gasteiger partial charge in [0.15, 0.2) is 0 Å². The molecule has 2 aromatic heterocycles. The van der Waals surface area contributed by atoms with Crippen LogP contribution >= 0.6 is 0 Å². The van der Waals surface area contributed by atoms with Crippen molar-refractivity contribution in [3.05, 3.63) is 18.2 Å². The van der Waals surface area contributed by atoms with Gasteiger partial charge in [-0.05, 0) is 6.92 Å². The fourth-order valence-corrected chi connectivity index (χ4v) is 1.68. The number of anilines is 2. The quantitative estimate of drug-likeness (QED) is 0.869. The highest BCUT2D eigenvalue weighted by Crippen LogP contribution is 2.13. The standard InChI is InChI=1S/C12H19N7/c1-5-9-14-7-8-19(9)12-16-10(13-6-2)15-11(17-12)18(3)4/h7-8H,5-6H2,1-4H3,(H,13,15,16,17). The Hall–Kier alpha value is -2.18. The molecule has 0 unspecified atom stereocenters. The van der Waals surface area contributed by atoms with Gasteiger partial charge in [0, 0.05) is 39.5 Å². The normalized spacial score (nSPS) is 10.5. The molecular formula is C12H19N7. The van der Waals surface area contributed by atoms with Crippen LogP contribution in [0.1, 0.15) is 19.7 Å². The highest BCUT2D eigenvalue weighted by atomic mass is 15.3. The van der Waals surface area contributed by atoms with Crippen molar-refractivity contribution in [2.45, 2.75) is 20.3 Å². The minimum Gasteiger partial charge on any atom is -0.354 e. The molecule has 0 atom stereocenters. The van der Waals surface area contributed by atoms with Crippen molar-refractivity contribution < 1.29 is 0 Å². The van der Waals surface area contributed by atoms with Crippen molar-refractivity contribution >= 4 is 11.9 Å². The topological polar surface area (TPSA) is 71.8 Å². The molecule has 0 saturated carbocycles. The Bertz CT molecular complexity index is 547. The lowest BCUT2D eigenvalue weighted by Crippen LogP contribution is -2.17. The number of imidazole rings is 1. The van der Waals surface area contributed by atoms with Crippen LogP contribution in [0.25, 0.3) is 5.95 Å².